The van der Waals surface area contributed by atoms with E-state index in [0.29, 0.717) is 42.8 Å². The first-order valence-corrected chi connectivity index (χ1v) is 13.1. The molecule has 0 radical (unpaired) electrons. The third-order valence-electron chi connectivity index (χ3n) is 8.23. The Bertz CT molecular complexity index is 1330. The fourth-order valence-electron chi connectivity index (χ4n) is 6.53. The van der Waals surface area contributed by atoms with Crippen LogP contribution in [-0.4, -0.2) is 48.7 Å². The zero-order valence-corrected chi connectivity index (χ0v) is 20.8. The summed E-state index contributed by atoms with van der Waals surface area (Å²) in [6, 6.07) is 4.99. The molecule has 3 fully saturated rings. The summed E-state index contributed by atoms with van der Waals surface area (Å²) in [4.78, 5) is 30.1. The predicted octanol–water partition coefficient (Wildman–Crippen LogP) is 3.31. The second-order valence-corrected chi connectivity index (χ2v) is 11.0. The molecule has 0 aromatic carbocycles. The Morgan fingerprint density at radius 2 is 2.08 bits per heavy atom. The van der Waals surface area contributed by atoms with Gasteiger partial charge in [-0.25, -0.2) is 18.3 Å². The quantitative estimate of drug-likeness (QED) is 0.506. The summed E-state index contributed by atoms with van der Waals surface area (Å²) in [6.07, 6.45) is 6.85. The molecule has 3 aromatic heterocycles. The predicted molar refractivity (Wildman–Crippen MR) is 130 cm³/mol. The number of carbonyl (C=O) groups is 2. The van der Waals surface area contributed by atoms with Gasteiger partial charge in [-0.2, -0.15) is 10.2 Å². The number of aryl methyl sites for hydroxylation is 1. The highest BCUT2D eigenvalue weighted by Gasteiger charge is 2.63. The third-order valence-corrected chi connectivity index (χ3v) is 8.23. The molecule has 0 bridgehead atoms. The molecule has 6 rings (SSSR count). The van der Waals surface area contributed by atoms with E-state index in [1.165, 1.54) is 0 Å². The summed E-state index contributed by atoms with van der Waals surface area (Å²) in [7, 11) is 0. The molecule has 1 saturated heterocycles. The molecule has 1 spiro atoms. The first-order valence-electron chi connectivity index (χ1n) is 13.1. The summed E-state index contributed by atoms with van der Waals surface area (Å²) in [5.74, 6) is -2.86. The number of piperidine rings is 1. The molecule has 3 aromatic rings. The maximum atomic E-state index is 13.6. The number of rotatable bonds is 7. The number of halogens is 2. The number of nitrogens with one attached hydrogen (secondary N) is 2. The van der Waals surface area contributed by atoms with E-state index in [9.17, 15) is 18.4 Å². The van der Waals surface area contributed by atoms with Gasteiger partial charge in [0, 0.05) is 44.5 Å². The number of imidazole rings is 1. The van der Waals surface area contributed by atoms with Gasteiger partial charge in [0.25, 0.3) is 5.91 Å². The number of amides is 2. The van der Waals surface area contributed by atoms with Gasteiger partial charge in [0.2, 0.25) is 11.8 Å². The van der Waals surface area contributed by atoms with Gasteiger partial charge in [-0.1, -0.05) is 0 Å². The summed E-state index contributed by atoms with van der Waals surface area (Å²) >= 11 is 0. The Morgan fingerprint density at radius 1 is 1.27 bits per heavy atom. The lowest BCUT2D eigenvalue weighted by Crippen LogP contribution is -2.56. The van der Waals surface area contributed by atoms with E-state index in [1.54, 1.807) is 21.5 Å². The number of nitrogens with zero attached hydrogens (tertiary/aromatic N) is 5. The second kappa shape index (κ2) is 8.88. The minimum Gasteiger partial charge on any atom is -0.356 e. The first kappa shape index (κ1) is 24.0. The second-order valence-electron chi connectivity index (χ2n) is 11.0. The highest BCUT2D eigenvalue weighted by molar-refractivity contribution is 5.92. The van der Waals surface area contributed by atoms with Gasteiger partial charge in [0.05, 0.1) is 23.6 Å². The van der Waals surface area contributed by atoms with Crippen molar-refractivity contribution in [2.75, 3.05) is 6.54 Å². The summed E-state index contributed by atoms with van der Waals surface area (Å²) in [5.41, 5.74) is 2.21. The average Bonchev–Trinajstić information content (AvgIpc) is 3.47. The van der Waals surface area contributed by atoms with Crippen LogP contribution in [0.25, 0.3) is 5.65 Å². The number of hydrogen-bond donors (Lipinski definition) is 2. The van der Waals surface area contributed by atoms with Gasteiger partial charge in [-0.05, 0) is 62.1 Å². The van der Waals surface area contributed by atoms with E-state index >= 15 is 0 Å². The molecule has 37 heavy (non-hydrogen) atoms. The Hall–Kier alpha value is -3.37. The molecule has 11 heteroatoms. The van der Waals surface area contributed by atoms with Gasteiger partial charge < -0.3 is 10.6 Å². The highest BCUT2D eigenvalue weighted by Crippen LogP contribution is 2.66. The molecule has 2 atom stereocenters. The third kappa shape index (κ3) is 4.48. The van der Waals surface area contributed by atoms with Gasteiger partial charge in [0.1, 0.15) is 5.69 Å². The van der Waals surface area contributed by atoms with Crippen molar-refractivity contribution < 1.29 is 18.4 Å². The van der Waals surface area contributed by atoms with Crippen LogP contribution in [0.1, 0.15) is 73.4 Å². The lowest BCUT2D eigenvalue weighted by atomic mass is 9.49. The van der Waals surface area contributed by atoms with E-state index in [0.717, 1.165) is 25.1 Å². The molecule has 2 aliphatic carbocycles. The normalized spacial score (nSPS) is 23.3. The van der Waals surface area contributed by atoms with Crippen molar-refractivity contribution in [3.05, 3.63) is 47.7 Å². The standard InChI is InChI=1S/C26H31F2N7O2/c1-2-34-20(7-9-30-34)24(37)32-22(17-11-25(12-17)14-26(27,28)15-25)19-13-35-21(31-19)6-5-18(33-35)10-16-4-3-8-29-23(16)36/h5-7,9,13,16-17,22H,2-4,8,10-12,14-15H2,1H3,(H,29,36)(H,32,37). The number of hydrogen-bond acceptors (Lipinski definition) is 5. The molecule has 3 aliphatic rings. The van der Waals surface area contributed by atoms with E-state index in [1.807, 2.05) is 25.3 Å². The topological polar surface area (TPSA) is 106 Å². The molecule has 2 saturated carbocycles. The maximum absolute atomic E-state index is 13.6. The molecule has 1 aliphatic heterocycles. The maximum Gasteiger partial charge on any atom is 0.270 e. The lowest BCUT2D eigenvalue weighted by Gasteiger charge is -2.58. The minimum absolute atomic E-state index is 0.00775. The SMILES string of the molecule is CCn1nccc1C(=O)NC(c1cn2nc(CC3CCCNC3=O)ccc2n1)C1CC2(C1)CC(F)(F)C2. The van der Waals surface area contributed by atoms with Crippen molar-refractivity contribution in [2.24, 2.45) is 17.3 Å². The minimum atomic E-state index is -2.57. The van der Waals surface area contributed by atoms with Crippen LogP contribution in [0.3, 0.4) is 0 Å². The fraction of sp³-hybridized carbons (Fsp3) is 0.577. The molecule has 2 unspecified atom stereocenters. The molecule has 2 amide bonds. The fourth-order valence-corrected chi connectivity index (χ4v) is 6.53. The van der Waals surface area contributed by atoms with Gasteiger partial charge >= 0.3 is 0 Å². The van der Waals surface area contributed by atoms with Crippen molar-refractivity contribution in [1.82, 2.24) is 35.0 Å². The van der Waals surface area contributed by atoms with Crippen molar-refractivity contribution >= 4 is 17.5 Å². The van der Waals surface area contributed by atoms with E-state index < -0.39 is 12.0 Å². The molecule has 196 valence electrons. The Labute approximate surface area is 213 Å². The highest BCUT2D eigenvalue weighted by atomic mass is 19.3. The monoisotopic (exact) mass is 511 g/mol. The largest absolute Gasteiger partial charge is 0.356 e. The van der Waals surface area contributed by atoms with Gasteiger partial charge in [-0.15, -0.1) is 0 Å². The lowest BCUT2D eigenvalue weighted by molar-refractivity contribution is -0.210. The summed E-state index contributed by atoms with van der Waals surface area (Å²) < 4.78 is 30.6. The van der Waals surface area contributed by atoms with Crippen LogP contribution in [-0.2, 0) is 17.8 Å². The van der Waals surface area contributed by atoms with Gasteiger partial charge in [0.15, 0.2) is 5.65 Å². The van der Waals surface area contributed by atoms with Crippen molar-refractivity contribution in [1.29, 1.82) is 0 Å². The molecular formula is C26H31F2N7O2. The van der Waals surface area contributed by atoms with E-state index in [2.05, 4.69) is 20.8 Å². The molecule has 4 heterocycles. The van der Waals surface area contributed by atoms with Crippen LogP contribution in [0.15, 0.2) is 30.6 Å². The van der Waals surface area contributed by atoms with Crippen LogP contribution in [0.5, 0.6) is 0 Å². The van der Waals surface area contributed by atoms with Crippen LogP contribution < -0.4 is 10.6 Å². The average molecular weight is 512 g/mol. The zero-order chi connectivity index (χ0) is 25.8. The molecule has 2 N–H and O–H groups in total. The van der Waals surface area contributed by atoms with Crippen LogP contribution >= 0.6 is 0 Å². The van der Waals surface area contributed by atoms with Crippen LogP contribution in [0.2, 0.25) is 0 Å². The number of fused-ring (bicyclic) bond motifs is 1. The number of carbonyl (C=O) groups excluding carboxylic acids is 2. The van der Waals surface area contributed by atoms with Crippen LogP contribution in [0.4, 0.5) is 8.78 Å². The summed E-state index contributed by atoms with van der Waals surface area (Å²) in [6.45, 7) is 3.19. The summed E-state index contributed by atoms with van der Waals surface area (Å²) in [5, 5.41) is 14.9. The molecular weight excluding hydrogens is 480 g/mol. The number of alkyl halides is 2. The van der Waals surface area contributed by atoms with E-state index in [4.69, 9.17) is 4.98 Å². The van der Waals surface area contributed by atoms with E-state index in [-0.39, 0.29) is 41.9 Å². The number of aromatic nitrogens is 5. The van der Waals surface area contributed by atoms with Crippen molar-refractivity contribution in [3.63, 3.8) is 0 Å². The zero-order valence-electron chi connectivity index (χ0n) is 20.8. The first-order chi connectivity index (χ1) is 17.7. The van der Waals surface area contributed by atoms with Crippen molar-refractivity contribution in [3.8, 4) is 0 Å². The Kier molecular flexibility index (Phi) is 5.76. The van der Waals surface area contributed by atoms with Crippen LogP contribution in [0, 0.1) is 17.3 Å². The Balaban J connectivity index is 1.25. The van der Waals surface area contributed by atoms with Crippen molar-refractivity contribution in [2.45, 2.75) is 70.4 Å². The van der Waals surface area contributed by atoms with Gasteiger partial charge in [-0.3, -0.25) is 14.3 Å². The smallest absolute Gasteiger partial charge is 0.270 e. The Morgan fingerprint density at radius 3 is 2.81 bits per heavy atom. The molecule has 9 nitrogen and oxygen atoms in total.